The smallest absolute Gasteiger partial charge is 0.236 e. The minimum Gasteiger partial charge on any atom is -0.353 e. The number of amides is 1. The van der Waals surface area contributed by atoms with Gasteiger partial charge < -0.3 is 11.1 Å². The van der Waals surface area contributed by atoms with Crippen molar-refractivity contribution in [3.8, 4) is 0 Å². The van der Waals surface area contributed by atoms with Crippen molar-refractivity contribution in [1.29, 1.82) is 0 Å². The second-order valence-electron chi connectivity index (χ2n) is 6.82. The summed E-state index contributed by atoms with van der Waals surface area (Å²) < 4.78 is 0. The molecule has 1 unspecified atom stereocenters. The lowest BCUT2D eigenvalue weighted by Gasteiger charge is -2.34. The van der Waals surface area contributed by atoms with Crippen LogP contribution in [-0.4, -0.2) is 36.0 Å². The second kappa shape index (κ2) is 7.75. The van der Waals surface area contributed by atoms with E-state index in [9.17, 15) is 4.79 Å². The molecule has 0 saturated heterocycles. The average molecular weight is 303 g/mol. The standard InChI is InChI=1S/C18H29N3O/c1-13(2)10-17(19)18(22)20-11-14(3)21-9-8-15-6-4-5-7-16(15)12-21/h4-7,13-14,17H,8-12,19H2,1-3H3,(H,20,22)/t14?,17-/m0/s1. The van der Waals surface area contributed by atoms with Gasteiger partial charge in [-0.05, 0) is 36.8 Å². The molecule has 4 nitrogen and oxygen atoms in total. The number of carbonyl (C=O) groups is 1. The molecule has 1 aromatic rings. The summed E-state index contributed by atoms with van der Waals surface area (Å²) in [6.45, 7) is 9.01. The summed E-state index contributed by atoms with van der Waals surface area (Å²) in [6.07, 6.45) is 1.82. The van der Waals surface area contributed by atoms with Crippen LogP contribution in [0.25, 0.3) is 0 Å². The van der Waals surface area contributed by atoms with Crippen molar-refractivity contribution in [2.24, 2.45) is 11.7 Å². The number of nitrogens with two attached hydrogens (primary N) is 1. The molecule has 1 amide bonds. The van der Waals surface area contributed by atoms with Crippen LogP contribution in [0.3, 0.4) is 0 Å². The van der Waals surface area contributed by atoms with E-state index in [1.54, 1.807) is 0 Å². The van der Waals surface area contributed by atoms with E-state index in [0.29, 0.717) is 18.5 Å². The lowest BCUT2D eigenvalue weighted by molar-refractivity contribution is -0.122. The number of carbonyl (C=O) groups excluding carboxylic acids is 1. The van der Waals surface area contributed by atoms with Crippen molar-refractivity contribution in [3.63, 3.8) is 0 Å². The third kappa shape index (κ3) is 4.55. The van der Waals surface area contributed by atoms with Crippen molar-refractivity contribution < 1.29 is 4.79 Å². The quantitative estimate of drug-likeness (QED) is 0.844. The molecular weight excluding hydrogens is 274 g/mol. The number of nitrogens with one attached hydrogen (secondary N) is 1. The minimum atomic E-state index is -0.394. The number of fused-ring (bicyclic) bond motifs is 1. The van der Waals surface area contributed by atoms with Crippen LogP contribution in [0, 0.1) is 5.92 Å². The fourth-order valence-corrected chi connectivity index (χ4v) is 3.02. The molecule has 122 valence electrons. The molecular formula is C18H29N3O. The molecule has 1 aliphatic rings. The predicted octanol–water partition coefficient (Wildman–Crippen LogP) is 1.92. The highest BCUT2D eigenvalue weighted by Gasteiger charge is 2.21. The van der Waals surface area contributed by atoms with Crippen LogP contribution < -0.4 is 11.1 Å². The molecule has 0 fully saturated rings. The van der Waals surface area contributed by atoms with Gasteiger partial charge in [-0.3, -0.25) is 9.69 Å². The van der Waals surface area contributed by atoms with Crippen LogP contribution in [0.1, 0.15) is 38.3 Å². The summed E-state index contributed by atoms with van der Waals surface area (Å²) >= 11 is 0. The Morgan fingerprint density at radius 3 is 2.64 bits per heavy atom. The number of hydrogen-bond acceptors (Lipinski definition) is 3. The maximum atomic E-state index is 12.0. The molecule has 0 radical (unpaired) electrons. The van der Waals surface area contributed by atoms with E-state index in [4.69, 9.17) is 5.73 Å². The van der Waals surface area contributed by atoms with Crippen molar-refractivity contribution in [2.75, 3.05) is 13.1 Å². The zero-order chi connectivity index (χ0) is 16.1. The highest BCUT2D eigenvalue weighted by molar-refractivity contribution is 5.81. The summed E-state index contributed by atoms with van der Waals surface area (Å²) in [6, 6.07) is 8.54. The highest BCUT2D eigenvalue weighted by atomic mass is 16.2. The van der Waals surface area contributed by atoms with Gasteiger partial charge in [-0.25, -0.2) is 0 Å². The molecule has 2 rings (SSSR count). The highest BCUT2D eigenvalue weighted by Crippen LogP contribution is 2.19. The average Bonchev–Trinajstić information content (AvgIpc) is 2.51. The Labute approximate surface area is 134 Å². The minimum absolute atomic E-state index is 0.0297. The Kier molecular flexibility index (Phi) is 5.98. The van der Waals surface area contributed by atoms with Crippen LogP contribution >= 0.6 is 0 Å². The Morgan fingerprint density at radius 2 is 1.95 bits per heavy atom. The maximum absolute atomic E-state index is 12.0. The van der Waals surface area contributed by atoms with Gasteiger partial charge >= 0.3 is 0 Å². The first-order valence-corrected chi connectivity index (χ1v) is 8.31. The zero-order valence-electron chi connectivity index (χ0n) is 14.0. The van der Waals surface area contributed by atoms with Gasteiger partial charge in [-0.1, -0.05) is 38.1 Å². The van der Waals surface area contributed by atoms with E-state index in [2.05, 4.69) is 55.3 Å². The van der Waals surface area contributed by atoms with E-state index in [1.165, 1.54) is 11.1 Å². The third-order valence-electron chi connectivity index (χ3n) is 4.42. The van der Waals surface area contributed by atoms with Gasteiger partial charge in [0.15, 0.2) is 0 Å². The van der Waals surface area contributed by atoms with Gasteiger partial charge in [-0.2, -0.15) is 0 Å². The summed E-state index contributed by atoms with van der Waals surface area (Å²) in [4.78, 5) is 14.4. The first kappa shape index (κ1) is 17.0. The SMILES string of the molecule is CC(C)C[C@H](N)C(=O)NCC(C)N1CCc2ccccc2C1. The summed E-state index contributed by atoms with van der Waals surface area (Å²) in [5, 5.41) is 3.00. The molecule has 4 heteroatoms. The zero-order valence-corrected chi connectivity index (χ0v) is 14.0. The molecule has 0 saturated carbocycles. The maximum Gasteiger partial charge on any atom is 0.236 e. The molecule has 2 atom stereocenters. The molecule has 1 aliphatic heterocycles. The summed E-state index contributed by atoms with van der Waals surface area (Å²) in [5.41, 5.74) is 8.78. The Morgan fingerprint density at radius 1 is 1.27 bits per heavy atom. The second-order valence-corrected chi connectivity index (χ2v) is 6.82. The Bertz CT molecular complexity index is 501. The van der Waals surface area contributed by atoms with Crippen LogP contribution in [0.4, 0.5) is 0 Å². The normalized spacial score (nSPS) is 17.9. The van der Waals surface area contributed by atoms with Crippen LogP contribution in [0.5, 0.6) is 0 Å². The van der Waals surface area contributed by atoms with Crippen molar-refractivity contribution >= 4 is 5.91 Å². The lowest BCUT2D eigenvalue weighted by Crippen LogP contribution is -2.48. The molecule has 0 bridgehead atoms. The monoisotopic (exact) mass is 303 g/mol. The van der Waals surface area contributed by atoms with Gasteiger partial charge in [-0.15, -0.1) is 0 Å². The molecule has 0 spiro atoms. The van der Waals surface area contributed by atoms with E-state index >= 15 is 0 Å². The lowest BCUT2D eigenvalue weighted by atomic mass is 9.99. The van der Waals surface area contributed by atoms with E-state index < -0.39 is 6.04 Å². The fraction of sp³-hybridized carbons (Fsp3) is 0.611. The largest absolute Gasteiger partial charge is 0.353 e. The van der Waals surface area contributed by atoms with Crippen LogP contribution in [0.15, 0.2) is 24.3 Å². The number of rotatable bonds is 6. The van der Waals surface area contributed by atoms with Gasteiger partial charge in [0.1, 0.15) is 0 Å². The molecule has 0 aliphatic carbocycles. The Hall–Kier alpha value is -1.39. The van der Waals surface area contributed by atoms with Crippen molar-refractivity contribution in [1.82, 2.24) is 10.2 Å². The summed E-state index contributed by atoms with van der Waals surface area (Å²) in [5.74, 6) is 0.412. The van der Waals surface area contributed by atoms with Gasteiger partial charge in [0.2, 0.25) is 5.91 Å². The van der Waals surface area contributed by atoms with Crippen LogP contribution in [-0.2, 0) is 17.8 Å². The topological polar surface area (TPSA) is 58.4 Å². The van der Waals surface area contributed by atoms with Crippen molar-refractivity contribution in [2.45, 2.75) is 52.2 Å². The third-order valence-corrected chi connectivity index (χ3v) is 4.42. The van der Waals surface area contributed by atoms with E-state index in [1.807, 2.05) is 0 Å². The molecule has 0 aromatic heterocycles. The molecule has 1 heterocycles. The van der Waals surface area contributed by atoms with E-state index in [-0.39, 0.29) is 5.91 Å². The van der Waals surface area contributed by atoms with E-state index in [0.717, 1.165) is 25.9 Å². The fourth-order valence-electron chi connectivity index (χ4n) is 3.02. The van der Waals surface area contributed by atoms with Gasteiger partial charge in [0, 0.05) is 25.7 Å². The van der Waals surface area contributed by atoms with Crippen LogP contribution in [0.2, 0.25) is 0 Å². The van der Waals surface area contributed by atoms with Gasteiger partial charge in [0.05, 0.1) is 6.04 Å². The molecule has 3 N–H and O–H groups in total. The first-order valence-electron chi connectivity index (χ1n) is 8.31. The Balaban J connectivity index is 1.81. The predicted molar refractivity (Wildman–Crippen MR) is 90.5 cm³/mol. The number of nitrogens with zero attached hydrogens (tertiary/aromatic N) is 1. The molecule has 1 aromatic carbocycles. The summed E-state index contributed by atoms with van der Waals surface area (Å²) in [7, 11) is 0. The number of hydrogen-bond donors (Lipinski definition) is 2. The molecule has 22 heavy (non-hydrogen) atoms. The first-order chi connectivity index (χ1) is 10.5. The van der Waals surface area contributed by atoms with Crippen molar-refractivity contribution in [3.05, 3.63) is 35.4 Å². The number of benzene rings is 1. The van der Waals surface area contributed by atoms with Gasteiger partial charge in [0.25, 0.3) is 0 Å².